The minimum absolute atomic E-state index is 0.383. The van der Waals surface area contributed by atoms with E-state index in [0.717, 1.165) is 11.1 Å². The van der Waals surface area contributed by atoms with Crippen molar-refractivity contribution in [3.63, 3.8) is 0 Å². The molecular weight excluding hydrogens is 377 g/mol. The van der Waals surface area contributed by atoms with Gasteiger partial charge in [0.05, 0.1) is 7.11 Å². The van der Waals surface area contributed by atoms with E-state index in [4.69, 9.17) is 10.5 Å². The summed E-state index contributed by atoms with van der Waals surface area (Å²) in [6.45, 7) is 0. The average molecular weight is 395 g/mol. The number of hydrogen-bond donors (Lipinski definition) is 1. The summed E-state index contributed by atoms with van der Waals surface area (Å²) in [5.41, 5.74) is 8.34. The van der Waals surface area contributed by atoms with Gasteiger partial charge in [0.1, 0.15) is 39.4 Å². The maximum atomic E-state index is 13.4. The molecule has 2 unspecified atom stereocenters. The van der Waals surface area contributed by atoms with Crippen LogP contribution in [0.5, 0.6) is 5.75 Å². The van der Waals surface area contributed by atoms with Crippen LogP contribution in [0.3, 0.4) is 0 Å². The van der Waals surface area contributed by atoms with Gasteiger partial charge in [-0.1, -0.05) is 24.3 Å². The third-order valence-corrected chi connectivity index (χ3v) is 5.92. The number of fused-ring (bicyclic) bond motifs is 1. The van der Waals surface area contributed by atoms with E-state index in [0.29, 0.717) is 21.5 Å². The molecule has 4 rings (SSSR count). The molecule has 0 amide bonds. The SMILES string of the molecule is COc1ccnc(N2C(S(=O)c3ccc(F)cc3)=Cc3ccccc3C2N)c1. The van der Waals surface area contributed by atoms with Gasteiger partial charge < -0.3 is 10.5 Å². The number of rotatable bonds is 4. The maximum absolute atomic E-state index is 13.4. The van der Waals surface area contributed by atoms with Crippen molar-refractivity contribution in [2.24, 2.45) is 5.73 Å². The quantitative estimate of drug-likeness (QED) is 0.728. The number of hydrogen-bond acceptors (Lipinski definition) is 5. The monoisotopic (exact) mass is 395 g/mol. The van der Waals surface area contributed by atoms with Gasteiger partial charge in [0, 0.05) is 17.2 Å². The number of nitrogens with two attached hydrogens (primary N) is 1. The van der Waals surface area contributed by atoms with Gasteiger partial charge in [-0.05, 0) is 47.5 Å². The lowest BCUT2D eigenvalue weighted by Crippen LogP contribution is -2.38. The molecule has 0 saturated carbocycles. The summed E-state index contributed by atoms with van der Waals surface area (Å²) in [7, 11) is -0.0182. The normalized spacial score (nSPS) is 16.9. The molecule has 2 atom stereocenters. The second-order valence-electron chi connectivity index (χ2n) is 6.20. The Balaban J connectivity index is 1.86. The first kappa shape index (κ1) is 18.3. The predicted octanol–water partition coefficient (Wildman–Crippen LogP) is 3.81. The van der Waals surface area contributed by atoms with Gasteiger partial charge in [0.25, 0.3) is 0 Å². The van der Waals surface area contributed by atoms with Crippen LogP contribution in [0.4, 0.5) is 10.2 Å². The molecule has 2 aromatic carbocycles. The largest absolute Gasteiger partial charge is 0.497 e. The van der Waals surface area contributed by atoms with Gasteiger partial charge in [-0.3, -0.25) is 4.90 Å². The van der Waals surface area contributed by atoms with E-state index >= 15 is 0 Å². The van der Waals surface area contributed by atoms with Crippen LogP contribution in [0.2, 0.25) is 0 Å². The van der Waals surface area contributed by atoms with Crippen molar-refractivity contribution < 1.29 is 13.3 Å². The summed E-state index contributed by atoms with van der Waals surface area (Å²) in [6.07, 6.45) is 2.86. The molecule has 142 valence electrons. The predicted molar refractivity (Wildman–Crippen MR) is 107 cm³/mol. The average Bonchev–Trinajstić information content (AvgIpc) is 2.73. The molecule has 0 spiro atoms. The number of benzene rings is 2. The van der Waals surface area contributed by atoms with E-state index in [1.807, 2.05) is 30.3 Å². The fraction of sp³-hybridized carbons (Fsp3) is 0.0952. The molecule has 28 heavy (non-hydrogen) atoms. The summed E-state index contributed by atoms with van der Waals surface area (Å²) in [5, 5.41) is 0.471. The lowest BCUT2D eigenvalue weighted by molar-refractivity contribution is 0.414. The van der Waals surface area contributed by atoms with Crippen LogP contribution in [-0.4, -0.2) is 16.3 Å². The second kappa shape index (κ2) is 7.53. The maximum Gasteiger partial charge on any atom is 0.138 e. The molecule has 5 nitrogen and oxygen atoms in total. The van der Waals surface area contributed by atoms with Crippen molar-refractivity contribution in [1.29, 1.82) is 0 Å². The molecule has 1 aromatic heterocycles. The first-order valence-corrected chi connectivity index (χ1v) is 9.76. The zero-order chi connectivity index (χ0) is 19.7. The molecule has 2 heterocycles. The number of aromatic nitrogens is 1. The minimum atomic E-state index is -1.59. The molecule has 0 aliphatic carbocycles. The fourth-order valence-electron chi connectivity index (χ4n) is 3.13. The lowest BCUT2D eigenvalue weighted by atomic mass is 10.0. The topological polar surface area (TPSA) is 68.5 Å². The van der Waals surface area contributed by atoms with E-state index in [9.17, 15) is 8.60 Å². The summed E-state index contributed by atoms with van der Waals surface area (Å²) < 4.78 is 32.0. The van der Waals surface area contributed by atoms with Crippen LogP contribution < -0.4 is 15.4 Å². The highest BCUT2D eigenvalue weighted by Crippen LogP contribution is 2.38. The van der Waals surface area contributed by atoms with Crippen molar-refractivity contribution in [3.05, 3.63) is 88.8 Å². The minimum Gasteiger partial charge on any atom is -0.497 e. The molecule has 3 aromatic rings. The van der Waals surface area contributed by atoms with E-state index in [-0.39, 0.29) is 5.82 Å². The number of pyridine rings is 1. The Labute approximate surface area is 164 Å². The van der Waals surface area contributed by atoms with Crippen LogP contribution in [0.15, 0.2) is 76.8 Å². The van der Waals surface area contributed by atoms with Gasteiger partial charge in [0.15, 0.2) is 0 Å². The van der Waals surface area contributed by atoms with Gasteiger partial charge in [0.2, 0.25) is 0 Å². The number of nitrogens with zero attached hydrogens (tertiary/aromatic N) is 2. The third kappa shape index (κ3) is 3.30. The Bertz CT molecular complexity index is 1070. The molecule has 0 radical (unpaired) electrons. The highest BCUT2D eigenvalue weighted by Gasteiger charge is 2.31. The van der Waals surface area contributed by atoms with Crippen molar-refractivity contribution in [2.75, 3.05) is 12.0 Å². The Morgan fingerprint density at radius 2 is 1.89 bits per heavy atom. The molecule has 2 N–H and O–H groups in total. The highest BCUT2D eigenvalue weighted by atomic mass is 32.2. The molecule has 1 aliphatic rings. The molecule has 0 bridgehead atoms. The Morgan fingerprint density at radius 3 is 2.64 bits per heavy atom. The summed E-state index contributed by atoms with van der Waals surface area (Å²) in [4.78, 5) is 6.61. The Morgan fingerprint density at radius 1 is 1.14 bits per heavy atom. The van der Waals surface area contributed by atoms with E-state index < -0.39 is 17.0 Å². The van der Waals surface area contributed by atoms with Gasteiger partial charge >= 0.3 is 0 Å². The van der Waals surface area contributed by atoms with Crippen molar-refractivity contribution in [3.8, 4) is 5.75 Å². The van der Waals surface area contributed by atoms with Gasteiger partial charge in [-0.25, -0.2) is 13.6 Å². The summed E-state index contributed by atoms with van der Waals surface area (Å²) in [5.74, 6) is 0.748. The Kier molecular flexibility index (Phi) is 4.93. The standard InChI is InChI=1S/C21H18FN3O2S/c1-27-16-10-11-24-19(13-16)25-20(28(26)17-8-6-15(22)7-9-17)12-14-4-2-3-5-18(14)21(25)23/h2-13,21H,23H2,1H3. The van der Waals surface area contributed by atoms with Crippen molar-refractivity contribution in [1.82, 2.24) is 4.98 Å². The smallest absolute Gasteiger partial charge is 0.138 e. The molecule has 1 aliphatic heterocycles. The van der Waals surface area contributed by atoms with Crippen LogP contribution in [0, 0.1) is 5.82 Å². The van der Waals surface area contributed by atoms with Crippen molar-refractivity contribution >= 4 is 22.7 Å². The number of halogens is 1. The van der Waals surface area contributed by atoms with Crippen LogP contribution >= 0.6 is 0 Å². The van der Waals surface area contributed by atoms with Gasteiger partial charge in [-0.2, -0.15) is 0 Å². The molecule has 0 fully saturated rings. The molecular formula is C21H18FN3O2S. The Hall–Kier alpha value is -3.03. The van der Waals surface area contributed by atoms with E-state index in [1.165, 1.54) is 24.3 Å². The van der Waals surface area contributed by atoms with Crippen molar-refractivity contribution in [2.45, 2.75) is 11.1 Å². The van der Waals surface area contributed by atoms with E-state index in [2.05, 4.69) is 4.98 Å². The fourth-order valence-corrected chi connectivity index (χ4v) is 4.37. The van der Waals surface area contributed by atoms with Crippen LogP contribution in [0.25, 0.3) is 6.08 Å². The zero-order valence-electron chi connectivity index (χ0n) is 15.1. The zero-order valence-corrected chi connectivity index (χ0v) is 15.9. The second-order valence-corrected chi connectivity index (χ2v) is 7.63. The first-order valence-electron chi connectivity index (χ1n) is 8.61. The first-order chi connectivity index (χ1) is 13.6. The van der Waals surface area contributed by atoms with Crippen LogP contribution in [-0.2, 0) is 10.8 Å². The number of anilines is 1. The highest BCUT2D eigenvalue weighted by molar-refractivity contribution is 7.89. The molecule has 0 saturated heterocycles. The van der Waals surface area contributed by atoms with E-state index in [1.54, 1.807) is 30.3 Å². The number of ether oxygens (including phenoxy) is 1. The van der Waals surface area contributed by atoms with Gasteiger partial charge in [-0.15, -0.1) is 0 Å². The lowest BCUT2D eigenvalue weighted by Gasteiger charge is -2.35. The van der Waals surface area contributed by atoms with Crippen LogP contribution in [0.1, 0.15) is 17.3 Å². The summed E-state index contributed by atoms with van der Waals surface area (Å²) in [6, 6.07) is 16.7. The summed E-state index contributed by atoms with van der Waals surface area (Å²) >= 11 is 0. The third-order valence-electron chi connectivity index (χ3n) is 4.53. The molecule has 7 heteroatoms. The number of methoxy groups -OCH3 is 1.